The molecule has 5 heterocycles. The van der Waals surface area contributed by atoms with Crippen LogP contribution in [-0.2, 0) is 38.2 Å². The smallest absolute Gasteiger partial charge is 0.412 e. The summed E-state index contributed by atoms with van der Waals surface area (Å²) < 4.78 is 48.7. The maximum atomic E-state index is 17.5. The number of hydrogen-bond donors (Lipinski definition) is 1. The number of thiophene rings is 1. The van der Waals surface area contributed by atoms with Crippen molar-refractivity contribution < 1.29 is 32.4 Å². The molecule has 3 aliphatic heterocycles. The number of amides is 2. The van der Waals surface area contributed by atoms with Gasteiger partial charge < -0.3 is 24.0 Å². The lowest BCUT2D eigenvalue weighted by atomic mass is 9.90. The highest BCUT2D eigenvalue weighted by molar-refractivity contribution is 7.84. The Balaban J connectivity index is 1.40. The second-order valence-corrected chi connectivity index (χ2v) is 17.9. The van der Waals surface area contributed by atoms with E-state index in [0.29, 0.717) is 50.5 Å². The van der Waals surface area contributed by atoms with E-state index in [-0.39, 0.29) is 58.9 Å². The van der Waals surface area contributed by atoms with E-state index < -0.39 is 33.9 Å². The first-order valence-electron chi connectivity index (χ1n) is 17.3. The van der Waals surface area contributed by atoms with E-state index in [9.17, 15) is 19.1 Å². The van der Waals surface area contributed by atoms with E-state index >= 15 is 4.39 Å². The quantitative estimate of drug-likeness (QED) is 0.202. The zero-order chi connectivity index (χ0) is 37.3. The average molecular weight is 749 g/mol. The SMILES string of the molecule is CCS(=O)c1nc(N2[C@@H]3CC[C@H]2CN(C(=O)OC(C)(C)C)C3)c2c3c(c(-c4cccc5sc(NC(=O)OC(C)(C)C)c(C#N)c45)c(F)c2n1)COC3. The fraction of sp³-hybridized carbons (Fsp3) is 0.486. The zero-order valence-electron chi connectivity index (χ0n) is 30.2. The van der Waals surface area contributed by atoms with Gasteiger partial charge in [0.25, 0.3) is 0 Å². The first kappa shape index (κ1) is 36.0. The third-order valence-electron chi connectivity index (χ3n) is 9.31. The summed E-state index contributed by atoms with van der Waals surface area (Å²) in [5.41, 5.74) is 0.845. The molecule has 4 aromatic rings. The fourth-order valence-electron chi connectivity index (χ4n) is 7.36. The number of likely N-dealkylation sites (tertiary alicyclic amines) is 1. The van der Waals surface area contributed by atoms with Gasteiger partial charge in [-0.15, -0.1) is 11.3 Å². The van der Waals surface area contributed by atoms with Gasteiger partial charge in [0.2, 0.25) is 5.16 Å². The van der Waals surface area contributed by atoms with Gasteiger partial charge in [-0.2, -0.15) is 5.26 Å². The molecular weight excluding hydrogens is 708 g/mol. The van der Waals surface area contributed by atoms with Crippen molar-refractivity contribution in [3.8, 4) is 17.2 Å². The third kappa shape index (κ3) is 6.45. The minimum absolute atomic E-state index is 0.0212. The Bertz CT molecular complexity index is 2190. The van der Waals surface area contributed by atoms with Gasteiger partial charge in [-0.05, 0) is 77.1 Å². The lowest BCUT2D eigenvalue weighted by Gasteiger charge is -2.42. The van der Waals surface area contributed by atoms with Gasteiger partial charge in [-0.1, -0.05) is 19.1 Å². The van der Waals surface area contributed by atoms with Crippen molar-refractivity contribution in [3.05, 3.63) is 40.7 Å². The lowest BCUT2D eigenvalue weighted by molar-refractivity contribution is 0.0209. The predicted molar refractivity (Wildman–Crippen MR) is 197 cm³/mol. The summed E-state index contributed by atoms with van der Waals surface area (Å²) >= 11 is 1.20. The summed E-state index contributed by atoms with van der Waals surface area (Å²) in [6, 6.07) is 7.32. The van der Waals surface area contributed by atoms with Crippen LogP contribution in [0.2, 0.25) is 0 Å². The molecule has 12 nitrogen and oxygen atoms in total. The number of halogens is 1. The number of anilines is 2. The van der Waals surface area contributed by atoms with Crippen molar-refractivity contribution in [2.75, 3.05) is 29.1 Å². The van der Waals surface area contributed by atoms with Crippen LogP contribution in [0.4, 0.5) is 24.8 Å². The number of benzene rings is 2. The fourth-order valence-corrected chi connectivity index (χ4v) is 9.07. The maximum absolute atomic E-state index is 17.5. The van der Waals surface area contributed by atoms with Gasteiger partial charge in [0, 0.05) is 46.6 Å². The zero-order valence-corrected chi connectivity index (χ0v) is 31.8. The van der Waals surface area contributed by atoms with Crippen molar-refractivity contribution in [2.24, 2.45) is 0 Å². The molecule has 1 N–H and O–H groups in total. The number of nitriles is 1. The number of nitrogens with zero attached hydrogens (tertiary/aromatic N) is 5. The molecule has 2 aromatic heterocycles. The van der Waals surface area contributed by atoms with Crippen LogP contribution in [0.3, 0.4) is 0 Å². The summed E-state index contributed by atoms with van der Waals surface area (Å²) in [6.07, 6.45) is 0.498. The topological polar surface area (TPSA) is 147 Å². The van der Waals surface area contributed by atoms with Gasteiger partial charge in [-0.3, -0.25) is 9.53 Å². The monoisotopic (exact) mass is 748 g/mol. The second kappa shape index (κ2) is 13.2. The Morgan fingerprint density at radius 3 is 2.37 bits per heavy atom. The molecule has 7 rings (SSSR count). The van der Waals surface area contributed by atoms with E-state index in [2.05, 4.69) is 21.3 Å². The van der Waals surface area contributed by atoms with E-state index in [1.807, 2.05) is 26.8 Å². The third-order valence-corrected chi connectivity index (χ3v) is 11.5. The molecule has 3 atom stereocenters. The molecule has 0 spiro atoms. The molecule has 2 bridgehead atoms. The first-order chi connectivity index (χ1) is 24.6. The van der Waals surface area contributed by atoms with E-state index in [4.69, 9.17) is 19.2 Å². The van der Waals surface area contributed by atoms with Crippen molar-refractivity contribution >= 4 is 66.1 Å². The van der Waals surface area contributed by atoms with E-state index in [1.165, 1.54) is 11.3 Å². The number of ether oxygens (including phenoxy) is 3. The number of carbonyl (C=O) groups is 2. The normalized spacial score (nSPS) is 19.1. The van der Waals surface area contributed by atoms with Crippen LogP contribution in [0.25, 0.3) is 32.1 Å². The number of piperazine rings is 1. The number of hydrogen-bond acceptors (Lipinski definition) is 11. The molecule has 274 valence electrons. The number of aromatic nitrogens is 2. The highest BCUT2D eigenvalue weighted by Crippen LogP contribution is 2.48. The molecule has 3 aliphatic rings. The molecule has 2 amide bonds. The van der Waals surface area contributed by atoms with Crippen molar-refractivity contribution in [1.29, 1.82) is 5.26 Å². The predicted octanol–water partition coefficient (Wildman–Crippen LogP) is 7.62. The minimum atomic E-state index is -1.61. The van der Waals surface area contributed by atoms with Gasteiger partial charge in [0.05, 0.1) is 35.0 Å². The number of carbonyl (C=O) groups excluding carboxylic acids is 2. The number of rotatable bonds is 5. The van der Waals surface area contributed by atoms with Crippen LogP contribution in [0.1, 0.15) is 78.0 Å². The van der Waals surface area contributed by atoms with Crippen LogP contribution < -0.4 is 10.2 Å². The standard InChI is InChI=1S/C37H41FN6O6S2/c1-8-52(47)33-40-30-28(31(41-33)44-19-12-13-20(44)16-43(15-19)35(46)50-37(5,6)7)24-18-48-17-23(24)27(29(30)38)21-10-9-11-25-26(21)22(14-39)32(51-25)42-34(45)49-36(2,3)4/h9-11,19-20H,8,12-13,15-18H2,1-7H3,(H,42,45)/t19-,20+,52?. The molecule has 15 heteroatoms. The van der Waals surface area contributed by atoms with Crippen LogP contribution in [0, 0.1) is 17.1 Å². The summed E-state index contributed by atoms with van der Waals surface area (Å²) in [5.74, 6) is 0.0850. The van der Waals surface area contributed by atoms with Crippen molar-refractivity contribution in [1.82, 2.24) is 14.9 Å². The summed E-state index contributed by atoms with van der Waals surface area (Å²) in [4.78, 5) is 39.2. The molecule has 1 unspecified atom stereocenters. The van der Waals surface area contributed by atoms with Crippen molar-refractivity contribution in [3.63, 3.8) is 0 Å². The first-order valence-corrected chi connectivity index (χ1v) is 19.4. The molecule has 0 radical (unpaired) electrons. The molecule has 2 fully saturated rings. The molecular formula is C37H41FN6O6S2. The Morgan fingerprint density at radius 2 is 1.73 bits per heavy atom. The van der Waals surface area contributed by atoms with Crippen LogP contribution in [-0.4, -0.2) is 73.4 Å². The summed E-state index contributed by atoms with van der Waals surface area (Å²) in [6.45, 7) is 13.6. The highest BCUT2D eigenvalue weighted by atomic mass is 32.2. The van der Waals surface area contributed by atoms with Gasteiger partial charge in [0.1, 0.15) is 33.6 Å². The number of nitrogens with one attached hydrogen (secondary N) is 1. The van der Waals surface area contributed by atoms with E-state index in [1.54, 1.807) is 44.7 Å². The Kier molecular flexibility index (Phi) is 9.16. The van der Waals surface area contributed by atoms with Crippen LogP contribution in [0.5, 0.6) is 0 Å². The summed E-state index contributed by atoms with van der Waals surface area (Å²) in [7, 11) is -1.61. The minimum Gasteiger partial charge on any atom is -0.444 e. The maximum Gasteiger partial charge on any atom is 0.412 e. The van der Waals surface area contributed by atoms with Gasteiger partial charge >= 0.3 is 12.2 Å². The van der Waals surface area contributed by atoms with Gasteiger partial charge in [-0.25, -0.2) is 23.9 Å². The molecule has 2 aromatic carbocycles. The second-order valence-electron chi connectivity index (χ2n) is 15.2. The molecule has 52 heavy (non-hydrogen) atoms. The Hall–Kier alpha value is -4.39. The van der Waals surface area contributed by atoms with Gasteiger partial charge in [0.15, 0.2) is 5.82 Å². The molecule has 2 saturated heterocycles. The molecule has 0 saturated carbocycles. The van der Waals surface area contributed by atoms with Crippen LogP contribution in [0.15, 0.2) is 23.4 Å². The Labute approximate surface area is 307 Å². The largest absolute Gasteiger partial charge is 0.444 e. The average Bonchev–Trinajstić information content (AvgIpc) is 3.75. The van der Waals surface area contributed by atoms with E-state index in [0.717, 1.165) is 18.4 Å². The lowest BCUT2D eigenvalue weighted by Crippen LogP contribution is -2.56. The summed E-state index contributed by atoms with van der Waals surface area (Å²) in [5, 5.41) is 14.4. The van der Waals surface area contributed by atoms with Crippen LogP contribution >= 0.6 is 11.3 Å². The van der Waals surface area contributed by atoms with Crippen molar-refractivity contribution in [2.45, 2.75) is 103 Å². The number of fused-ring (bicyclic) bond motifs is 6. The Morgan fingerprint density at radius 1 is 1.06 bits per heavy atom. The highest BCUT2D eigenvalue weighted by Gasteiger charge is 2.45. The molecule has 0 aliphatic carbocycles.